The molecule has 0 amide bonds. The Bertz CT molecular complexity index is 815. The highest BCUT2D eigenvalue weighted by atomic mass is 35.5. The third-order valence-electron chi connectivity index (χ3n) is 2.57. The highest BCUT2D eigenvalue weighted by Gasteiger charge is 2.20. The first-order valence-corrected chi connectivity index (χ1v) is 7.88. The van der Waals surface area contributed by atoms with Gasteiger partial charge in [-0.05, 0) is 6.07 Å². The number of ether oxygens (including phenoxy) is 1. The number of esters is 1. The van der Waals surface area contributed by atoms with Crippen molar-refractivity contribution >= 4 is 74.1 Å². The summed E-state index contributed by atoms with van der Waals surface area (Å²) in [6.07, 6.45) is 0. The molecular formula is C11H6Cl2N4O2S2. The van der Waals surface area contributed by atoms with Crippen LogP contribution in [0.15, 0.2) is 20.2 Å². The summed E-state index contributed by atoms with van der Waals surface area (Å²) >= 11 is 14.5. The van der Waals surface area contributed by atoms with E-state index in [0.717, 1.165) is 11.4 Å². The Hall–Kier alpha value is -1.48. The Morgan fingerprint density at radius 1 is 1.29 bits per heavy atom. The van der Waals surface area contributed by atoms with Crippen LogP contribution < -0.4 is 5.32 Å². The number of methoxy groups -OCH3 is 1. The maximum absolute atomic E-state index is 11.4. The molecule has 6 nitrogen and oxygen atoms in total. The maximum atomic E-state index is 11.4. The lowest BCUT2D eigenvalue weighted by atomic mass is 10.2. The van der Waals surface area contributed by atoms with Crippen molar-refractivity contribution in [2.75, 3.05) is 12.4 Å². The molecule has 108 valence electrons. The van der Waals surface area contributed by atoms with Crippen LogP contribution in [0.4, 0.5) is 22.2 Å². The molecule has 3 rings (SSSR count). The number of hydrogen-bond acceptors (Lipinski definition) is 7. The molecule has 0 bridgehead atoms. The molecule has 0 spiro atoms. The van der Waals surface area contributed by atoms with Crippen LogP contribution in [0, 0.1) is 0 Å². The average Bonchev–Trinajstić information content (AvgIpc) is 3.11. The molecule has 2 heterocycles. The number of rotatable bonds is 3. The van der Waals surface area contributed by atoms with Crippen molar-refractivity contribution in [3.05, 3.63) is 27.2 Å². The molecule has 0 saturated heterocycles. The molecule has 0 radical (unpaired) electrons. The first kappa shape index (κ1) is 14.5. The summed E-state index contributed by atoms with van der Waals surface area (Å²) in [7, 11) is 1.30. The van der Waals surface area contributed by atoms with Crippen LogP contribution in [0.5, 0.6) is 0 Å². The lowest BCUT2D eigenvalue weighted by Gasteiger charge is -2.09. The third-order valence-corrected chi connectivity index (χ3v) is 4.45. The average molecular weight is 361 g/mol. The fourth-order valence-corrected chi connectivity index (χ4v) is 3.47. The van der Waals surface area contributed by atoms with Gasteiger partial charge in [0.25, 0.3) is 0 Å². The second kappa shape index (κ2) is 5.72. The van der Waals surface area contributed by atoms with E-state index in [1.54, 1.807) is 11.4 Å². The number of fused-ring (bicyclic) bond motifs is 1. The quantitative estimate of drug-likeness (QED) is 0.686. The van der Waals surface area contributed by atoms with Gasteiger partial charge in [-0.1, -0.05) is 23.2 Å². The monoisotopic (exact) mass is 360 g/mol. The number of thiazole rings is 1. The number of benzene rings is 1. The molecular weight excluding hydrogens is 355 g/mol. The zero-order valence-corrected chi connectivity index (χ0v) is 13.5. The summed E-state index contributed by atoms with van der Waals surface area (Å²) in [5, 5.41) is 5.96. The Kier molecular flexibility index (Phi) is 3.94. The fourth-order valence-electron chi connectivity index (χ4n) is 1.63. The molecule has 0 atom stereocenters. The van der Waals surface area contributed by atoms with E-state index >= 15 is 0 Å². The first-order chi connectivity index (χ1) is 10.1. The predicted octanol–water partition coefficient (Wildman–Crippen LogP) is 4.71. The van der Waals surface area contributed by atoms with Gasteiger partial charge in [0, 0.05) is 5.38 Å². The minimum absolute atomic E-state index is 0.225. The summed E-state index contributed by atoms with van der Waals surface area (Å²) in [5.41, 5.74) is 1.91. The molecule has 0 unspecified atom stereocenters. The molecule has 21 heavy (non-hydrogen) atoms. The van der Waals surface area contributed by atoms with Crippen LogP contribution in [0.3, 0.4) is 0 Å². The number of carbonyl (C=O) groups excluding carboxylic acids is 1. The fraction of sp³-hybridized carbons (Fsp3) is 0.0909. The van der Waals surface area contributed by atoms with Crippen LogP contribution in [0.25, 0.3) is 0 Å². The molecule has 0 fully saturated rings. The van der Waals surface area contributed by atoms with E-state index in [9.17, 15) is 4.79 Å². The molecule has 1 aromatic carbocycles. The van der Waals surface area contributed by atoms with Crippen molar-refractivity contribution in [2.24, 2.45) is 8.73 Å². The van der Waals surface area contributed by atoms with E-state index in [-0.39, 0.29) is 5.69 Å². The van der Waals surface area contributed by atoms with Gasteiger partial charge in [-0.3, -0.25) is 0 Å². The van der Waals surface area contributed by atoms with E-state index in [2.05, 4.69) is 23.8 Å². The van der Waals surface area contributed by atoms with E-state index in [4.69, 9.17) is 23.2 Å². The van der Waals surface area contributed by atoms with Crippen LogP contribution in [0.1, 0.15) is 10.5 Å². The molecule has 0 aliphatic carbocycles. The summed E-state index contributed by atoms with van der Waals surface area (Å²) in [5.74, 6) is -0.498. The minimum Gasteiger partial charge on any atom is -0.464 e. The van der Waals surface area contributed by atoms with Gasteiger partial charge in [0.2, 0.25) is 0 Å². The smallest absolute Gasteiger partial charge is 0.357 e. The standard InChI is InChI=1S/C11H6Cl2N4O2S2/c1-19-10(18)6-3-20-11(14-6)15-7-4(12)2-5(13)8-9(7)17-21-16-8/h2-3H,1H3,(H,14,15). The van der Waals surface area contributed by atoms with Crippen molar-refractivity contribution in [2.45, 2.75) is 0 Å². The number of carbonyl (C=O) groups is 1. The molecule has 1 aromatic heterocycles. The molecule has 10 heteroatoms. The zero-order valence-electron chi connectivity index (χ0n) is 10.4. The number of aromatic nitrogens is 1. The molecule has 2 aromatic rings. The summed E-state index contributed by atoms with van der Waals surface area (Å²) < 4.78 is 12.9. The lowest BCUT2D eigenvalue weighted by molar-refractivity contribution is 0.0595. The van der Waals surface area contributed by atoms with Crippen LogP contribution in [-0.4, -0.2) is 18.1 Å². The maximum Gasteiger partial charge on any atom is 0.357 e. The van der Waals surface area contributed by atoms with E-state index in [1.165, 1.54) is 18.4 Å². The second-order valence-electron chi connectivity index (χ2n) is 3.83. The summed E-state index contributed by atoms with van der Waals surface area (Å²) in [6, 6.07) is 1.59. The second-order valence-corrected chi connectivity index (χ2v) is 6.03. The minimum atomic E-state index is -0.498. The highest BCUT2D eigenvalue weighted by molar-refractivity contribution is 7.58. The van der Waals surface area contributed by atoms with Gasteiger partial charge >= 0.3 is 5.97 Å². The van der Waals surface area contributed by atoms with Crippen LogP contribution >= 0.6 is 34.5 Å². The molecule has 1 aliphatic rings. The number of hydrogen-bond donors (Lipinski definition) is 1. The van der Waals surface area contributed by atoms with Gasteiger partial charge in [0.15, 0.2) is 10.8 Å². The highest BCUT2D eigenvalue weighted by Crippen LogP contribution is 2.48. The predicted molar refractivity (Wildman–Crippen MR) is 84.7 cm³/mol. The normalized spacial score (nSPS) is 12.0. The van der Waals surface area contributed by atoms with Crippen molar-refractivity contribution in [1.82, 2.24) is 4.98 Å². The SMILES string of the molecule is COC(=O)c1csc(Nc2c(Cl)cc(Cl)c3c2N=S=N3)n1. The van der Waals surface area contributed by atoms with Crippen molar-refractivity contribution in [3.63, 3.8) is 0 Å². The molecule has 1 aliphatic heterocycles. The Morgan fingerprint density at radius 2 is 2.05 bits per heavy atom. The molecule has 1 N–H and O–H groups in total. The third kappa shape index (κ3) is 2.67. The van der Waals surface area contributed by atoms with Crippen LogP contribution in [0.2, 0.25) is 10.0 Å². The largest absolute Gasteiger partial charge is 0.464 e. The summed E-state index contributed by atoms with van der Waals surface area (Å²) in [6.45, 7) is 0. The van der Waals surface area contributed by atoms with Gasteiger partial charge < -0.3 is 10.1 Å². The van der Waals surface area contributed by atoms with Gasteiger partial charge in [-0.25, -0.2) is 9.78 Å². The zero-order chi connectivity index (χ0) is 15.0. The topological polar surface area (TPSA) is 75.9 Å². The van der Waals surface area contributed by atoms with Crippen molar-refractivity contribution < 1.29 is 9.53 Å². The number of nitrogens with one attached hydrogen (secondary N) is 1. The van der Waals surface area contributed by atoms with E-state index < -0.39 is 5.97 Å². The lowest BCUT2D eigenvalue weighted by Crippen LogP contribution is -2.01. The van der Waals surface area contributed by atoms with Crippen molar-refractivity contribution in [1.29, 1.82) is 0 Å². The van der Waals surface area contributed by atoms with Gasteiger partial charge in [-0.2, -0.15) is 8.73 Å². The van der Waals surface area contributed by atoms with Gasteiger partial charge in [0.05, 0.1) is 34.2 Å². The first-order valence-electron chi connectivity index (χ1n) is 5.51. The Balaban J connectivity index is 1.96. The number of anilines is 2. The van der Waals surface area contributed by atoms with Crippen LogP contribution in [-0.2, 0) is 16.1 Å². The Labute approximate surface area is 136 Å². The Morgan fingerprint density at radius 3 is 2.81 bits per heavy atom. The summed E-state index contributed by atoms with van der Waals surface area (Å²) in [4.78, 5) is 15.5. The van der Waals surface area contributed by atoms with Crippen molar-refractivity contribution in [3.8, 4) is 0 Å². The molecule has 0 saturated carbocycles. The van der Waals surface area contributed by atoms with E-state index in [0.29, 0.717) is 32.2 Å². The van der Waals surface area contributed by atoms with E-state index in [1.807, 2.05) is 0 Å². The number of halogens is 2. The van der Waals surface area contributed by atoms with Gasteiger partial charge in [-0.15, -0.1) is 11.3 Å². The van der Waals surface area contributed by atoms with Gasteiger partial charge in [0.1, 0.15) is 11.4 Å². The number of nitrogens with zero attached hydrogens (tertiary/aromatic N) is 3.